The number of para-hydroxylation sites is 1. The molecular weight excluding hydrogens is 386 g/mol. The van der Waals surface area contributed by atoms with Gasteiger partial charge in [0.2, 0.25) is 0 Å². The van der Waals surface area contributed by atoms with Crippen LogP contribution >= 0.6 is 0 Å². The minimum Gasteiger partial charge on any atom is -0.459 e. The Morgan fingerprint density at radius 1 is 1.03 bits per heavy atom. The van der Waals surface area contributed by atoms with Gasteiger partial charge >= 0.3 is 17.8 Å². The summed E-state index contributed by atoms with van der Waals surface area (Å²) < 4.78 is 5.78. The van der Waals surface area contributed by atoms with Crippen molar-refractivity contribution in [2.45, 2.75) is 19.5 Å². The molecule has 0 aliphatic carbocycles. The summed E-state index contributed by atoms with van der Waals surface area (Å²) in [5.74, 6) is -1.33. The third-order valence-corrected chi connectivity index (χ3v) is 5.03. The second-order valence-electron chi connectivity index (χ2n) is 7.12. The highest BCUT2D eigenvalue weighted by atomic mass is 16.3. The molecule has 1 unspecified atom stereocenters. The average molecular weight is 405 g/mol. The van der Waals surface area contributed by atoms with Crippen molar-refractivity contribution in [2.24, 2.45) is 0 Å². The Hall–Kier alpha value is -3.94. The molecule has 0 bridgehead atoms. The number of amides is 5. The molecule has 152 valence electrons. The molecule has 1 N–H and O–H groups in total. The first-order valence-electron chi connectivity index (χ1n) is 9.37. The molecule has 1 aromatic heterocycles. The summed E-state index contributed by atoms with van der Waals surface area (Å²) in [5, 5.41) is 3.85. The Kier molecular flexibility index (Phi) is 4.83. The number of hydrogen-bond acceptors (Lipinski definition) is 5. The van der Waals surface area contributed by atoms with E-state index in [1.807, 2.05) is 37.3 Å². The van der Waals surface area contributed by atoms with E-state index in [2.05, 4.69) is 5.32 Å². The maximum Gasteiger partial charge on any atom is 0.334 e. The van der Waals surface area contributed by atoms with E-state index < -0.39 is 17.8 Å². The lowest BCUT2D eigenvalue weighted by Crippen LogP contribution is -2.31. The second-order valence-corrected chi connectivity index (χ2v) is 7.12. The van der Waals surface area contributed by atoms with Crippen molar-refractivity contribution < 1.29 is 23.6 Å². The van der Waals surface area contributed by atoms with Gasteiger partial charge in [0, 0.05) is 18.0 Å². The largest absolute Gasteiger partial charge is 0.459 e. The molecule has 8 nitrogen and oxygen atoms in total. The Morgan fingerprint density at radius 2 is 1.73 bits per heavy atom. The quantitative estimate of drug-likeness (QED) is 0.520. The summed E-state index contributed by atoms with van der Waals surface area (Å²) >= 11 is 0. The van der Waals surface area contributed by atoms with E-state index in [-0.39, 0.29) is 18.5 Å². The predicted octanol–water partition coefficient (Wildman–Crippen LogP) is 2.84. The molecule has 1 fully saturated rings. The van der Waals surface area contributed by atoms with Gasteiger partial charge in [-0.25, -0.2) is 4.79 Å². The predicted molar refractivity (Wildman–Crippen MR) is 107 cm³/mol. The van der Waals surface area contributed by atoms with Gasteiger partial charge in [-0.1, -0.05) is 30.3 Å². The molecule has 3 aromatic rings. The number of urea groups is 1. The first-order valence-corrected chi connectivity index (χ1v) is 9.37. The van der Waals surface area contributed by atoms with E-state index in [0.717, 1.165) is 20.8 Å². The Morgan fingerprint density at radius 3 is 2.37 bits per heavy atom. The van der Waals surface area contributed by atoms with Crippen LogP contribution in [0.5, 0.6) is 0 Å². The van der Waals surface area contributed by atoms with Crippen LogP contribution in [-0.4, -0.2) is 40.6 Å². The number of fused-ring (bicyclic) bond motifs is 1. The number of benzene rings is 2. The van der Waals surface area contributed by atoms with Crippen molar-refractivity contribution in [3.8, 4) is 0 Å². The Balaban J connectivity index is 1.42. The van der Waals surface area contributed by atoms with Gasteiger partial charge in [0.15, 0.2) is 0 Å². The number of nitrogens with zero attached hydrogens (tertiary/aromatic N) is 2. The van der Waals surface area contributed by atoms with Gasteiger partial charge in [-0.3, -0.25) is 24.2 Å². The molecule has 1 aliphatic heterocycles. The van der Waals surface area contributed by atoms with Crippen molar-refractivity contribution >= 4 is 34.7 Å². The SMILES string of the molecule is CC(NC(=O)c1ccc(CN2C(=O)C(=O)N(C)C2=O)cc1)c1cc2ccccc2o1. The van der Waals surface area contributed by atoms with Gasteiger partial charge < -0.3 is 9.73 Å². The summed E-state index contributed by atoms with van der Waals surface area (Å²) in [6.45, 7) is 1.80. The molecule has 0 radical (unpaired) electrons. The smallest absolute Gasteiger partial charge is 0.334 e. The van der Waals surface area contributed by atoms with Crippen LogP contribution in [0, 0.1) is 0 Å². The van der Waals surface area contributed by atoms with Gasteiger partial charge in [0.1, 0.15) is 11.3 Å². The van der Waals surface area contributed by atoms with Crippen molar-refractivity contribution in [1.82, 2.24) is 15.1 Å². The summed E-state index contributed by atoms with van der Waals surface area (Å²) in [5.41, 5.74) is 1.81. The minimum atomic E-state index is -0.857. The van der Waals surface area contributed by atoms with Crippen molar-refractivity contribution in [1.29, 1.82) is 0 Å². The fourth-order valence-electron chi connectivity index (χ4n) is 3.26. The average Bonchev–Trinajstić information content (AvgIpc) is 3.26. The number of imide groups is 2. The number of rotatable bonds is 5. The molecule has 0 saturated carbocycles. The molecule has 5 amide bonds. The van der Waals surface area contributed by atoms with E-state index >= 15 is 0 Å². The lowest BCUT2D eigenvalue weighted by atomic mass is 10.1. The minimum absolute atomic E-state index is 0.0367. The van der Waals surface area contributed by atoms with Gasteiger partial charge in [0.05, 0.1) is 12.6 Å². The molecule has 1 aliphatic rings. The van der Waals surface area contributed by atoms with Crippen LogP contribution in [0.25, 0.3) is 11.0 Å². The third kappa shape index (κ3) is 3.43. The highest BCUT2D eigenvalue weighted by molar-refractivity contribution is 6.44. The van der Waals surface area contributed by atoms with Crippen LogP contribution < -0.4 is 5.32 Å². The molecule has 1 saturated heterocycles. The zero-order valence-electron chi connectivity index (χ0n) is 16.4. The first kappa shape index (κ1) is 19.4. The number of nitrogens with one attached hydrogen (secondary N) is 1. The Bertz CT molecular complexity index is 1130. The molecule has 8 heteroatoms. The van der Waals surface area contributed by atoms with E-state index in [1.54, 1.807) is 24.3 Å². The van der Waals surface area contributed by atoms with Gasteiger partial charge in [0.25, 0.3) is 5.91 Å². The molecule has 30 heavy (non-hydrogen) atoms. The number of likely N-dealkylation sites (N-methyl/N-ethyl adjacent to an activating group) is 1. The summed E-state index contributed by atoms with van der Waals surface area (Å²) in [4.78, 5) is 49.6. The standard InChI is InChI=1S/C22H19N3O5/c1-13(18-11-16-5-3-4-6-17(16)30-18)23-19(26)15-9-7-14(8-10-15)12-25-21(28)20(27)24(2)22(25)29/h3-11,13H,12H2,1-2H3,(H,23,26). The number of furan rings is 1. The highest BCUT2D eigenvalue weighted by Gasteiger charge is 2.41. The zero-order chi connectivity index (χ0) is 21.4. The molecule has 0 spiro atoms. The van der Waals surface area contributed by atoms with E-state index in [1.165, 1.54) is 7.05 Å². The maximum atomic E-state index is 12.6. The van der Waals surface area contributed by atoms with Crippen LogP contribution in [-0.2, 0) is 16.1 Å². The van der Waals surface area contributed by atoms with Crippen molar-refractivity contribution in [3.05, 3.63) is 71.5 Å². The second kappa shape index (κ2) is 7.47. The van der Waals surface area contributed by atoms with E-state index in [9.17, 15) is 19.2 Å². The molecule has 4 rings (SSSR count). The van der Waals surface area contributed by atoms with Crippen LogP contribution in [0.3, 0.4) is 0 Å². The number of carbonyl (C=O) groups is 4. The summed E-state index contributed by atoms with van der Waals surface area (Å²) in [7, 11) is 1.26. The van der Waals surface area contributed by atoms with Gasteiger partial charge in [-0.15, -0.1) is 0 Å². The number of carbonyl (C=O) groups excluding carboxylic acids is 4. The lowest BCUT2D eigenvalue weighted by molar-refractivity contribution is -0.143. The van der Waals surface area contributed by atoms with Crippen molar-refractivity contribution in [3.63, 3.8) is 0 Å². The molecule has 2 aromatic carbocycles. The molecular formula is C22H19N3O5. The summed E-state index contributed by atoms with van der Waals surface area (Å²) in [6, 6.07) is 15.0. The first-order chi connectivity index (χ1) is 14.3. The van der Waals surface area contributed by atoms with Crippen LogP contribution in [0.15, 0.2) is 59.0 Å². The fourth-order valence-corrected chi connectivity index (χ4v) is 3.26. The fraction of sp³-hybridized carbons (Fsp3) is 0.182. The van der Waals surface area contributed by atoms with Gasteiger partial charge in [-0.05, 0) is 36.8 Å². The highest BCUT2D eigenvalue weighted by Crippen LogP contribution is 2.24. The Labute approximate surface area is 172 Å². The maximum absolute atomic E-state index is 12.6. The zero-order valence-corrected chi connectivity index (χ0v) is 16.4. The lowest BCUT2D eigenvalue weighted by Gasteiger charge is -2.14. The summed E-state index contributed by atoms with van der Waals surface area (Å²) in [6.07, 6.45) is 0. The van der Waals surface area contributed by atoms with Crippen LogP contribution in [0.4, 0.5) is 4.79 Å². The third-order valence-electron chi connectivity index (χ3n) is 5.03. The molecule has 1 atom stereocenters. The van der Waals surface area contributed by atoms with Crippen molar-refractivity contribution in [2.75, 3.05) is 7.05 Å². The number of hydrogen-bond donors (Lipinski definition) is 1. The molecule has 2 heterocycles. The van der Waals surface area contributed by atoms with Crippen LogP contribution in [0.1, 0.15) is 34.6 Å². The topological polar surface area (TPSA) is 99.9 Å². The van der Waals surface area contributed by atoms with Crippen LogP contribution in [0.2, 0.25) is 0 Å². The van der Waals surface area contributed by atoms with E-state index in [0.29, 0.717) is 16.9 Å². The van der Waals surface area contributed by atoms with Gasteiger partial charge in [-0.2, -0.15) is 0 Å². The van der Waals surface area contributed by atoms with E-state index in [4.69, 9.17) is 4.42 Å². The normalized spacial score (nSPS) is 15.2. The monoisotopic (exact) mass is 405 g/mol.